The van der Waals surface area contributed by atoms with Crippen molar-refractivity contribution in [1.82, 2.24) is 5.32 Å². The lowest BCUT2D eigenvalue weighted by atomic mass is 9.72. The number of hydrogen-bond donors (Lipinski definition) is 3. The van der Waals surface area contributed by atoms with Gasteiger partial charge in [0.15, 0.2) is 12.3 Å². The molecule has 0 saturated carbocycles. The number of amides is 1. The lowest BCUT2D eigenvalue weighted by Crippen LogP contribution is -2.69. The molecule has 0 spiro atoms. The average Bonchev–Trinajstić information content (AvgIpc) is 2.91. The highest BCUT2D eigenvalue weighted by Gasteiger charge is 2.57. The molecule has 230 valence electrons. The molecular formula is C28H47NO11. The molecule has 0 bridgehead atoms. The predicted octanol–water partition coefficient (Wildman–Crippen LogP) is 1.41. The van der Waals surface area contributed by atoms with Crippen LogP contribution in [-0.4, -0.2) is 105 Å². The molecule has 0 aromatic rings. The fourth-order valence-corrected chi connectivity index (χ4v) is 5.88. The number of aliphatic hydroxyl groups excluding tert-OH is 2. The average molecular weight is 574 g/mol. The van der Waals surface area contributed by atoms with Gasteiger partial charge >= 0.3 is 5.97 Å². The predicted molar refractivity (Wildman–Crippen MR) is 142 cm³/mol. The summed E-state index contributed by atoms with van der Waals surface area (Å²) in [5, 5.41) is 24.6. The fourth-order valence-electron chi connectivity index (χ4n) is 5.88. The van der Waals surface area contributed by atoms with E-state index in [1.165, 1.54) is 14.2 Å². The van der Waals surface area contributed by atoms with E-state index >= 15 is 0 Å². The van der Waals surface area contributed by atoms with Crippen molar-refractivity contribution >= 4 is 11.9 Å². The number of esters is 1. The molecule has 1 amide bonds. The van der Waals surface area contributed by atoms with Crippen molar-refractivity contribution in [2.45, 2.75) is 115 Å². The van der Waals surface area contributed by atoms with E-state index in [4.69, 9.17) is 28.4 Å². The molecule has 0 aliphatic carbocycles. The molecule has 0 unspecified atom stereocenters. The van der Waals surface area contributed by atoms with Crippen LogP contribution in [0.2, 0.25) is 0 Å². The third-order valence-corrected chi connectivity index (χ3v) is 8.70. The van der Waals surface area contributed by atoms with Gasteiger partial charge in [0.2, 0.25) is 5.79 Å². The maximum absolute atomic E-state index is 13.3. The summed E-state index contributed by atoms with van der Waals surface area (Å²) in [5.74, 6) is -2.65. The maximum Gasteiger partial charge on any atom is 0.305 e. The first-order valence-corrected chi connectivity index (χ1v) is 13.9. The summed E-state index contributed by atoms with van der Waals surface area (Å²) in [6.07, 6.45) is -4.59. The van der Waals surface area contributed by atoms with Crippen molar-refractivity contribution < 1.29 is 53.0 Å². The molecule has 40 heavy (non-hydrogen) atoms. The van der Waals surface area contributed by atoms with Crippen LogP contribution in [-0.2, 0) is 42.7 Å². The molecule has 3 fully saturated rings. The molecule has 10 atom stereocenters. The third-order valence-electron chi connectivity index (χ3n) is 8.70. The Hall–Kier alpha value is -1.64. The van der Waals surface area contributed by atoms with Gasteiger partial charge in [-0.1, -0.05) is 32.9 Å². The van der Waals surface area contributed by atoms with Crippen LogP contribution in [0.4, 0.5) is 0 Å². The van der Waals surface area contributed by atoms with Crippen LogP contribution in [0.25, 0.3) is 0 Å². The van der Waals surface area contributed by atoms with Gasteiger partial charge in [-0.25, -0.2) is 0 Å². The Morgan fingerprint density at radius 2 is 1.85 bits per heavy atom. The van der Waals surface area contributed by atoms with Crippen molar-refractivity contribution in [3.63, 3.8) is 0 Å². The molecule has 3 aliphatic rings. The molecule has 0 radical (unpaired) electrons. The van der Waals surface area contributed by atoms with Gasteiger partial charge in [0, 0.05) is 44.8 Å². The molecule has 3 aliphatic heterocycles. The van der Waals surface area contributed by atoms with Gasteiger partial charge < -0.3 is 48.7 Å². The van der Waals surface area contributed by atoms with Gasteiger partial charge in [0.1, 0.15) is 19.0 Å². The van der Waals surface area contributed by atoms with E-state index in [1.807, 2.05) is 27.7 Å². The minimum absolute atomic E-state index is 0.0378. The van der Waals surface area contributed by atoms with Gasteiger partial charge in [-0.2, -0.15) is 0 Å². The Morgan fingerprint density at radius 3 is 2.45 bits per heavy atom. The molecule has 0 aromatic heterocycles. The van der Waals surface area contributed by atoms with Crippen LogP contribution in [0.3, 0.4) is 0 Å². The number of carbonyl (C=O) groups is 2. The van der Waals surface area contributed by atoms with Crippen LogP contribution in [0, 0.1) is 11.3 Å². The lowest BCUT2D eigenvalue weighted by Gasteiger charge is -2.54. The molecule has 3 heterocycles. The zero-order valence-electron chi connectivity index (χ0n) is 24.7. The van der Waals surface area contributed by atoms with Crippen molar-refractivity contribution in [3.8, 4) is 0 Å². The standard InChI is InChI=1S/C28H47NO11/c1-15-13-28(36-8,40-17(3)16(15)2)23(32)25(33)29-26-22-21(37-14-38-26)24(35-7)27(4,5)19(39-22)12-18(30)10-9-11-20(31)34-6/h16-19,21-24,26,30,32H,1,9-14H2,2-8H3,(H,29,33)/t16-,17-,18-,19-,21+,22+,23-,24-,26+,28-/m1/s1. The van der Waals surface area contributed by atoms with Crippen LogP contribution in [0.1, 0.15) is 59.8 Å². The van der Waals surface area contributed by atoms with Crippen LogP contribution in [0.5, 0.6) is 0 Å². The number of hydrogen-bond acceptors (Lipinski definition) is 11. The summed E-state index contributed by atoms with van der Waals surface area (Å²) in [4.78, 5) is 24.8. The minimum atomic E-state index is -1.68. The van der Waals surface area contributed by atoms with E-state index in [2.05, 4.69) is 16.6 Å². The lowest BCUT2D eigenvalue weighted by molar-refractivity contribution is -0.332. The summed E-state index contributed by atoms with van der Waals surface area (Å²) < 4.78 is 40.1. The van der Waals surface area contributed by atoms with Crippen molar-refractivity contribution in [2.24, 2.45) is 11.3 Å². The fraction of sp³-hybridized carbons (Fsp3) is 0.857. The van der Waals surface area contributed by atoms with E-state index in [-0.39, 0.29) is 44.0 Å². The largest absolute Gasteiger partial charge is 0.469 e. The topological polar surface area (TPSA) is 151 Å². The van der Waals surface area contributed by atoms with Crippen LogP contribution >= 0.6 is 0 Å². The summed E-state index contributed by atoms with van der Waals surface area (Å²) >= 11 is 0. The van der Waals surface area contributed by atoms with E-state index in [0.717, 1.165) is 5.57 Å². The van der Waals surface area contributed by atoms with Crippen molar-refractivity contribution in [2.75, 3.05) is 28.1 Å². The minimum Gasteiger partial charge on any atom is -0.469 e. The zero-order chi connectivity index (χ0) is 29.8. The van der Waals surface area contributed by atoms with Crippen molar-refractivity contribution in [3.05, 3.63) is 12.2 Å². The monoisotopic (exact) mass is 573 g/mol. The van der Waals surface area contributed by atoms with Gasteiger partial charge in [-0.05, 0) is 19.8 Å². The second kappa shape index (κ2) is 13.6. The number of aliphatic hydroxyl groups is 2. The quantitative estimate of drug-likeness (QED) is 0.243. The number of rotatable bonds is 11. The molecule has 3 rings (SSSR count). The second-order valence-electron chi connectivity index (χ2n) is 11.6. The number of carbonyl (C=O) groups excluding carboxylic acids is 2. The number of nitrogens with one attached hydrogen (secondary N) is 1. The summed E-state index contributed by atoms with van der Waals surface area (Å²) in [7, 11) is 4.28. The second-order valence-corrected chi connectivity index (χ2v) is 11.6. The SMILES string of the molecule is C=C1C[C@](OC)([C@H](O)C(=O)N[C@H]2OCO[C@H]3[C@@H]2O[C@H](C[C@H](O)CCCC(=O)OC)C(C)(C)[C@@H]3OC)O[C@H](C)[C@@H]1C. The van der Waals surface area contributed by atoms with E-state index in [0.29, 0.717) is 12.8 Å². The Labute approximate surface area is 236 Å². The molecule has 3 N–H and O–H groups in total. The smallest absolute Gasteiger partial charge is 0.305 e. The Kier molecular flexibility index (Phi) is 11.1. The number of fused-ring (bicyclic) bond motifs is 1. The molecule has 3 saturated heterocycles. The van der Waals surface area contributed by atoms with Gasteiger partial charge in [0.25, 0.3) is 5.91 Å². The highest BCUT2D eigenvalue weighted by atomic mass is 16.7. The molecule has 0 aromatic carbocycles. The van der Waals surface area contributed by atoms with Crippen LogP contribution < -0.4 is 5.32 Å². The van der Waals surface area contributed by atoms with Crippen molar-refractivity contribution in [1.29, 1.82) is 0 Å². The highest BCUT2D eigenvalue weighted by Crippen LogP contribution is 2.44. The normalized spacial score (nSPS) is 37.2. The third kappa shape index (κ3) is 6.87. The number of ether oxygens (including phenoxy) is 7. The summed E-state index contributed by atoms with van der Waals surface area (Å²) in [6.45, 7) is 11.7. The molecule has 12 heteroatoms. The Bertz CT molecular complexity index is 897. The first-order valence-electron chi connectivity index (χ1n) is 13.9. The Balaban J connectivity index is 1.74. The van der Waals surface area contributed by atoms with Gasteiger partial charge in [-0.3, -0.25) is 9.59 Å². The maximum atomic E-state index is 13.3. The summed E-state index contributed by atoms with van der Waals surface area (Å²) in [5.41, 5.74) is 0.233. The first-order chi connectivity index (χ1) is 18.8. The van der Waals surface area contributed by atoms with E-state index in [1.54, 1.807) is 7.11 Å². The number of methoxy groups -OCH3 is 3. The molecular weight excluding hydrogens is 526 g/mol. The zero-order valence-corrected chi connectivity index (χ0v) is 24.7. The van der Waals surface area contributed by atoms with E-state index in [9.17, 15) is 19.8 Å². The molecule has 12 nitrogen and oxygen atoms in total. The highest BCUT2D eigenvalue weighted by molar-refractivity contribution is 5.82. The summed E-state index contributed by atoms with van der Waals surface area (Å²) in [6, 6.07) is 0. The van der Waals surface area contributed by atoms with Crippen LogP contribution in [0.15, 0.2) is 12.2 Å². The van der Waals surface area contributed by atoms with Gasteiger partial charge in [0.05, 0.1) is 31.5 Å². The first kappa shape index (κ1) is 32.9. The Morgan fingerprint density at radius 1 is 1.15 bits per heavy atom. The van der Waals surface area contributed by atoms with Gasteiger partial charge in [-0.15, -0.1) is 0 Å². The van der Waals surface area contributed by atoms with E-state index < -0.39 is 60.0 Å².